The van der Waals surface area contributed by atoms with Crippen LogP contribution in [0.4, 0.5) is 5.69 Å². The molecule has 0 spiro atoms. The Hall–Kier alpha value is -0.770. The summed E-state index contributed by atoms with van der Waals surface area (Å²) in [7, 11) is 0. The summed E-state index contributed by atoms with van der Waals surface area (Å²) in [5, 5.41) is 10.1. The molecule has 0 aliphatic heterocycles. The molecule has 3 N–H and O–H groups in total. The lowest BCUT2D eigenvalue weighted by Crippen LogP contribution is -1.86. The Morgan fingerprint density at radius 3 is 2.79 bits per heavy atom. The standard InChI is InChI=1S/C10H10ClNOS/c11-4-6-1-7(12)2-10-9(6)3-8(5-13)14-10/h1-3,13H,4-5,12H2. The highest BCUT2D eigenvalue weighted by Gasteiger charge is 2.06. The molecule has 0 fully saturated rings. The van der Waals surface area contributed by atoms with Gasteiger partial charge in [-0.1, -0.05) is 0 Å². The predicted molar refractivity (Wildman–Crippen MR) is 61.7 cm³/mol. The summed E-state index contributed by atoms with van der Waals surface area (Å²) in [6.07, 6.45) is 0. The average Bonchev–Trinajstić information content (AvgIpc) is 2.59. The molecule has 0 amide bonds. The summed E-state index contributed by atoms with van der Waals surface area (Å²) in [6.45, 7) is 0.0704. The summed E-state index contributed by atoms with van der Waals surface area (Å²) >= 11 is 7.37. The summed E-state index contributed by atoms with van der Waals surface area (Å²) in [6, 6.07) is 5.76. The largest absolute Gasteiger partial charge is 0.399 e. The molecule has 0 radical (unpaired) electrons. The van der Waals surface area contributed by atoms with Gasteiger partial charge in [0.15, 0.2) is 0 Å². The first kappa shape index (κ1) is 9.77. The molecule has 0 aliphatic carbocycles. The van der Waals surface area contributed by atoms with Crippen LogP contribution >= 0.6 is 22.9 Å². The molecule has 4 heteroatoms. The van der Waals surface area contributed by atoms with Gasteiger partial charge in [0, 0.05) is 21.1 Å². The van der Waals surface area contributed by atoms with Crippen LogP contribution < -0.4 is 5.73 Å². The van der Waals surface area contributed by atoms with Crippen molar-refractivity contribution in [2.75, 3.05) is 5.73 Å². The molecule has 0 saturated heterocycles. The molecule has 1 aromatic heterocycles. The zero-order valence-electron chi connectivity index (χ0n) is 7.46. The van der Waals surface area contributed by atoms with Gasteiger partial charge >= 0.3 is 0 Å². The fourth-order valence-corrected chi connectivity index (χ4v) is 2.72. The Morgan fingerprint density at radius 2 is 2.14 bits per heavy atom. The van der Waals surface area contributed by atoms with Gasteiger partial charge in [0.1, 0.15) is 0 Å². The van der Waals surface area contributed by atoms with E-state index in [9.17, 15) is 0 Å². The molecular formula is C10H10ClNOS. The van der Waals surface area contributed by atoms with Crippen LogP contribution in [0.3, 0.4) is 0 Å². The number of aliphatic hydroxyl groups is 1. The van der Waals surface area contributed by atoms with E-state index in [-0.39, 0.29) is 6.61 Å². The first-order valence-corrected chi connectivity index (χ1v) is 5.57. The van der Waals surface area contributed by atoms with Crippen molar-refractivity contribution >= 4 is 38.7 Å². The van der Waals surface area contributed by atoms with Crippen LogP contribution in [-0.4, -0.2) is 5.11 Å². The van der Waals surface area contributed by atoms with E-state index in [1.807, 2.05) is 18.2 Å². The van der Waals surface area contributed by atoms with Gasteiger partial charge in [0.05, 0.1) is 6.61 Å². The normalized spacial score (nSPS) is 11.0. The lowest BCUT2D eigenvalue weighted by atomic mass is 10.1. The third-order valence-electron chi connectivity index (χ3n) is 2.10. The van der Waals surface area contributed by atoms with E-state index < -0.39 is 0 Å². The Morgan fingerprint density at radius 1 is 1.36 bits per heavy atom. The van der Waals surface area contributed by atoms with E-state index in [1.165, 1.54) is 0 Å². The first-order valence-electron chi connectivity index (χ1n) is 4.22. The maximum Gasteiger partial charge on any atom is 0.0774 e. The number of anilines is 1. The maximum atomic E-state index is 9.02. The van der Waals surface area contributed by atoms with Crippen molar-refractivity contribution in [2.45, 2.75) is 12.5 Å². The van der Waals surface area contributed by atoms with Crippen LogP contribution in [0.1, 0.15) is 10.4 Å². The topological polar surface area (TPSA) is 46.2 Å². The summed E-state index contributed by atoms with van der Waals surface area (Å²) in [5.41, 5.74) is 7.48. The quantitative estimate of drug-likeness (QED) is 0.612. The van der Waals surface area contributed by atoms with Gasteiger partial charge in [-0.25, -0.2) is 0 Å². The minimum atomic E-state index is 0.0704. The Balaban J connectivity index is 2.71. The van der Waals surface area contributed by atoms with Crippen molar-refractivity contribution in [1.29, 1.82) is 0 Å². The summed E-state index contributed by atoms with van der Waals surface area (Å²) in [4.78, 5) is 0.942. The minimum Gasteiger partial charge on any atom is -0.399 e. The molecule has 0 aliphatic rings. The van der Waals surface area contributed by atoms with Crippen molar-refractivity contribution < 1.29 is 5.11 Å². The van der Waals surface area contributed by atoms with Crippen molar-refractivity contribution in [3.8, 4) is 0 Å². The van der Waals surface area contributed by atoms with E-state index in [0.717, 1.165) is 26.2 Å². The smallest absolute Gasteiger partial charge is 0.0774 e. The number of halogens is 1. The second-order valence-corrected chi connectivity index (χ2v) is 4.53. The third kappa shape index (κ3) is 1.59. The highest BCUT2D eigenvalue weighted by Crippen LogP contribution is 2.31. The predicted octanol–water partition coefficient (Wildman–Crippen LogP) is 2.71. The van der Waals surface area contributed by atoms with Crippen LogP contribution in [0.5, 0.6) is 0 Å². The van der Waals surface area contributed by atoms with E-state index in [1.54, 1.807) is 11.3 Å². The van der Waals surface area contributed by atoms with Gasteiger partial charge in [0.25, 0.3) is 0 Å². The van der Waals surface area contributed by atoms with Crippen LogP contribution in [0.15, 0.2) is 18.2 Å². The highest BCUT2D eigenvalue weighted by molar-refractivity contribution is 7.19. The number of fused-ring (bicyclic) bond motifs is 1. The van der Waals surface area contributed by atoms with Crippen LogP contribution in [0.2, 0.25) is 0 Å². The average molecular weight is 228 g/mol. The number of aliphatic hydroxyl groups excluding tert-OH is 1. The van der Waals surface area contributed by atoms with Gasteiger partial charge in [-0.2, -0.15) is 0 Å². The number of benzene rings is 1. The van der Waals surface area contributed by atoms with Crippen molar-refractivity contribution in [3.63, 3.8) is 0 Å². The fourth-order valence-electron chi connectivity index (χ4n) is 1.48. The van der Waals surface area contributed by atoms with Crippen LogP contribution in [0, 0.1) is 0 Å². The molecule has 2 rings (SSSR count). The summed E-state index contributed by atoms with van der Waals surface area (Å²) in [5.74, 6) is 0.448. The van der Waals surface area contributed by atoms with Gasteiger partial charge in [-0.15, -0.1) is 22.9 Å². The molecule has 0 atom stereocenters. The maximum absolute atomic E-state index is 9.02. The number of hydrogen-bond donors (Lipinski definition) is 2. The van der Waals surface area contributed by atoms with E-state index >= 15 is 0 Å². The van der Waals surface area contributed by atoms with E-state index in [2.05, 4.69) is 0 Å². The fraction of sp³-hybridized carbons (Fsp3) is 0.200. The molecule has 2 aromatic rings. The zero-order chi connectivity index (χ0) is 10.1. The Bertz CT molecular complexity index is 466. The van der Waals surface area contributed by atoms with Gasteiger partial charge in [-0.05, 0) is 29.1 Å². The molecule has 0 bridgehead atoms. The number of rotatable bonds is 2. The molecule has 14 heavy (non-hydrogen) atoms. The molecule has 1 aromatic carbocycles. The number of thiophene rings is 1. The number of nitrogen functional groups attached to an aromatic ring is 1. The number of hydrogen-bond acceptors (Lipinski definition) is 3. The number of alkyl halides is 1. The molecular weight excluding hydrogens is 218 g/mol. The van der Waals surface area contributed by atoms with E-state index in [4.69, 9.17) is 22.4 Å². The Labute approximate surface area is 90.9 Å². The zero-order valence-corrected chi connectivity index (χ0v) is 9.03. The van der Waals surface area contributed by atoms with Crippen LogP contribution in [-0.2, 0) is 12.5 Å². The molecule has 1 heterocycles. The monoisotopic (exact) mass is 227 g/mol. The van der Waals surface area contributed by atoms with E-state index in [0.29, 0.717) is 5.88 Å². The third-order valence-corrected chi connectivity index (χ3v) is 3.45. The first-order chi connectivity index (χ1) is 6.74. The molecule has 74 valence electrons. The molecule has 2 nitrogen and oxygen atoms in total. The lowest BCUT2D eigenvalue weighted by Gasteiger charge is -1.99. The van der Waals surface area contributed by atoms with Crippen molar-refractivity contribution in [3.05, 3.63) is 28.6 Å². The summed E-state index contributed by atoms with van der Waals surface area (Å²) < 4.78 is 1.09. The van der Waals surface area contributed by atoms with Crippen molar-refractivity contribution in [1.82, 2.24) is 0 Å². The molecule has 0 saturated carbocycles. The second kappa shape index (κ2) is 3.77. The molecule has 0 unspecified atom stereocenters. The number of nitrogens with two attached hydrogens (primary N) is 1. The Kier molecular flexibility index (Phi) is 2.63. The van der Waals surface area contributed by atoms with Crippen molar-refractivity contribution in [2.24, 2.45) is 0 Å². The highest BCUT2D eigenvalue weighted by atomic mass is 35.5. The lowest BCUT2D eigenvalue weighted by molar-refractivity contribution is 0.285. The second-order valence-electron chi connectivity index (χ2n) is 3.10. The van der Waals surface area contributed by atoms with Crippen LogP contribution in [0.25, 0.3) is 10.1 Å². The van der Waals surface area contributed by atoms with Gasteiger partial charge < -0.3 is 10.8 Å². The van der Waals surface area contributed by atoms with Gasteiger partial charge in [0.2, 0.25) is 0 Å². The SMILES string of the molecule is Nc1cc(CCl)c2cc(CO)sc2c1. The van der Waals surface area contributed by atoms with Gasteiger partial charge in [-0.3, -0.25) is 0 Å². The minimum absolute atomic E-state index is 0.0704.